The Kier molecular flexibility index (Phi) is 6.61. The summed E-state index contributed by atoms with van der Waals surface area (Å²) in [6, 6.07) is 3.81. The molecule has 164 valence electrons. The number of oxazole rings is 1. The van der Waals surface area contributed by atoms with Crippen molar-refractivity contribution in [2.45, 2.75) is 72.1 Å². The van der Waals surface area contributed by atoms with Gasteiger partial charge in [0.1, 0.15) is 17.1 Å². The van der Waals surface area contributed by atoms with Gasteiger partial charge < -0.3 is 4.42 Å². The molecule has 1 aliphatic rings. The van der Waals surface area contributed by atoms with Gasteiger partial charge in [-0.15, -0.1) is 0 Å². The molecule has 0 N–H and O–H groups in total. The van der Waals surface area contributed by atoms with Crippen LogP contribution in [-0.4, -0.2) is 26.6 Å². The lowest BCUT2D eigenvalue weighted by Gasteiger charge is -2.17. The van der Waals surface area contributed by atoms with Gasteiger partial charge in [-0.25, -0.2) is 9.97 Å². The van der Waals surface area contributed by atoms with Crippen molar-refractivity contribution in [2.24, 2.45) is 4.99 Å². The van der Waals surface area contributed by atoms with Gasteiger partial charge in [0.2, 0.25) is 0 Å². The number of aliphatic imine (C=N–C) groups is 1. The number of hydrogen-bond acceptors (Lipinski definition) is 4. The minimum Gasteiger partial charge on any atom is -0.445 e. The molecule has 1 aliphatic carbocycles. The first-order valence-electron chi connectivity index (χ1n) is 11.3. The molecular weight excluding hydrogens is 408 g/mol. The first-order chi connectivity index (χ1) is 15.0. The molecule has 3 aromatic heterocycles. The Morgan fingerprint density at radius 2 is 2.00 bits per heavy atom. The van der Waals surface area contributed by atoms with Gasteiger partial charge in [-0.1, -0.05) is 37.8 Å². The van der Waals surface area contributed by atoms with E-state index in [0.29, 0.717) is 17.5 Å². The van der Waals surface area contributed by atoms with Crippen LogP contribution in [0.5, 0.6) is 0 Å². The Morgan fingerprint density at radius 3 is 2.74 bits per heavy atom. The fraction of sp³-hybridized carbons (Fsp3) is 0.480. The molecule has 6 heteroatoms. The van der Waals surface area contributed by atoms with Crippen LogP contribution in [0.1, 0.15) is 87.5 Å². The number of nitrogens with zero attached hydrogens (tertiary/aromatic N) is 4. The van der Waals surface area contributed by atoms with Crippen molar-refractivity contribution in [3.8, 4) is 0 Å². The number of aromatic nitrogens is 3. The van der Waals surface area contributed by atoms with Crippen LogP contribution in [0.15, 0.2) is 33.3 Å². The number of pyridine rings is 1. The summed E-state index contributed by atoms with van der Waals surface area (Å²) in [5, 5.41) is 0.688. The lowest BCUT2D eigenvalue weighted by Crippen LogP contribution is -2.05. The first-order valence-corrected chi connectivity index (χ1v) is 11.7. The number of imidazole rings is 1. The topological polar surface area (TPSA) is 55.7 Å². The molecule has 0 aliphatic heterocycles. The summed E-state index contributed by atoms with van der Waals surface area (Å²) < 4.78 is 8.05. The number of aryl methyl sites for hydroxylation is 2. The Hall–Kier alpha value is -2.40. The average molecular weight is 439 g/mol. The van der Waals surface area contributed by atoms with Crippen LogP contribution in [-0.2, 0) is 6.42 Å². The molecular formula is C25H31ClN4O. The monoisotopic (exact) mass is 438 g/mol. The highest BCUT2D eigenvalue weighted by Gasteiger charge is 2.21. The van der Waals surface area contributed by atoms with Crippen molar-refractivity contribution in [3.05, 3.63) is 57.7 Å². The third kappa shape index (κ3) is 4.77. The molecule has 1 saturated carbocycles. The Balaban J connectivity index is 1.55. The maximum atomic E-state index is 6.22. The SMILES string of the molecule is CCc1nc2ccc(Cl)cn2c1C(C)=NC/C(C)=C/c1nc(C2CCCCC2)oc1C. The van der Waals surface area contributed by atoms with Crippen molar-refractivity contribution in [3.63, 3.8) is 0 Å². The van der Waals surface area contributed by atoms with E-state index in [9.17, 15) is 0 Å². The second-order valence-corrected chi connectivity index (χ2v) is 8.99. The number of fused-ring (bicyclic) bond motifs is 1. The fourth-order valence-electron chi connectivity index (χ4n) is 4.38. The van der Waals surface area contributed by atoms with E-state index in [1.54, 1.807) is 0 Å². The summed E-state index contributed by atoms with van der Waals surface area (Å²) in [5.41, 5.74) is 6.00. The third-order valence-corrected chi connectivity index (χ3v) is 6.31. The zero-order valence-electron chi connectivity index (χ0n) is 18.9. The maximum Gasteiger partial charge on any atom is 0.198 e. The Bertz CT molecular complexity index is 1130. The quantitative estimate of drug-likeness (QED) is 0.397. The number of halogens is 1. The van der Waals surface area contributed by atoms with E-state index in [2.05, 4.69) is 19.9 Å². The molecule has 0 unspecified atom stereocenters. The van der Waals surface area contributed by atoms with Crippen molar-refractivity contribution in [1.29, 1.82) is 0 Å². The van der Waals surface area contributed by atoms with Crippen molar-refractivity contribution in [1.82, 2.24) is 14.4 Å². The van der Waals surface area contributed by atoms with Gasteiger partial charge in [0.05, 0.1) is 28.7 Å². The second kappa shape index (κ2) is 9.39. The van der Waals surface area contributed by atoms with Crippen molar-refractivity contribution < 1.29 is 4.42 Å². The number of rotatable bonds is 6. The van der Waals surface area contributed by atoms with Gasteiger partial charge in [-0.05, 0) is 63.8 Å². The fourth-order valence-corrected chi connectivity index (χ4v) is 4.54. The van der Waals surface area contributed by atoms with Crippen molar-refractivity contribution in [2.75, 3.05) is 6.54 Å². The molecule has 5 nitrogen and oxygen atoms in total. The average Bonchev–Trinajstić information content (AvgIpc) is 3.32. The van der Waals surface area contributed by atoms with E-state index in [-0.39, 0.29) is 0 Å². The van der Waals surface area contributed by atoms with E-state index in [1.807, 2.05) is 36.6 Å². The minimum atomic E-state index is 0.476. The maximum absolute atomic E-state index is 6.22. The molecule has 0 bridgehead atoms. The highest BCUT2D eigenvalue weighted by Crippen LogP contribution is 2.33. The highest BCUT2D eigenvalue weighted by molar-refractivity contribution is 6.30. The standard InChI is InChI=1S/C25H31ClN4O/c1-5-21-24(30-15-20(26)11-12-23(30)28-21)17(3)27-14-16(2)13-22-18(4)31-25(29-22)19-9-7-6-8-10-19/h11-13,15,19H,5-10,14H2,1-4H3/b16-13+,27-17?. The van der Waals surface area contributed by atoms with E-state index in [4.69, 9.17) is 31.0 Å². The summed E-state index contributed by atoms with van der Waals surface area (Å²) in [6.45, 7) is 8.86. The molecule has 1 fully saturated rings. The summed E-state index contributed by atoms with van der Waals surface area (Å²) >= 11 is 6.22. The molecule has 0 atom stereocenters. The molecule has 3 heterocycles. The van der Waals surface area contributed by atoms with Gasteiger partial charge in [-0.3, -0.25) is 9.39 Å². The molecule has 0 saturated heterocycles. The number of hydrogen-bond donors (Lipinski definition) is 0. The normalized spacial score (nSPS) is 16.4. The summed E-state index contributed by atoms with van der Waals surface area (Å²) in [4.78, 5) is 14.4. The summed E-state index contributed by atoms with van der Waals surface area (Å²) in [7, 11) is 0. The zero-order chi connectivity index (χ0) is 22.0. The van der Waals surface area contributed by atoms with Gasteiger partial charge in [-0.2, -0.15) is 0 Å². The largest absolute Gasteiger partial charge is 0.445 e. The second-order valence-electron chi connectivity index (χ2n) is 8.56. The molecule has 0 spiro atoms. The van der Waals surface area contributed by atoms with Crippen molar-refractivity contribution >= 4 is 29.0 Å². The Labute approximate surface area is 189 Å². The van der Waals surface area contributed by atoms with E-state index < -0.39 is 0 Å². The van der Waals surface area contributed by atoms with Gasteiger partial charge >= 0.3 is 0 Å². The minimum absolute atomic E-state index is 0.476. The van der Waals surface area contributed by atoms with Crippen LogP contribution < -0.4 is 0 Å². The summed E-state index contributed by atoms with van der Waals surface area (Å²) in [6.07, 6.45) is 11.1. The lowest BCUT2D eigenvalue weighted by molar-refractivity contribution is 0.356. The van der Waals surface area contributed by atoms with Gasteiger partial charge in [0, 0.05) is 12.1 Å². The first kappa shape index (κ1) is 21.8. The summed E-state index contributed by atoms with van der Waals surface area (Å²) in [5.74, 6) is 2.28. The lowest BCUT2D eigenvalue weighted by atomic mass is 9.89. The van der Waals surface area contributed by atoms with Crippen LogP contribution in [0.3, 0.4) is 0 Å². The van der Waals surface area contributed by atoms with E-state index in [1.165, 1.54) is 32.1 Å². The van der Waals surface area contributed by atoms with Crippen LogP contribution in [0.2, 0.25) is 5.02 Å². The van der Waals surface area contributed by atoms with Crippen LogP contribution in [0, 0.1) is 6.92 Å². The predicted molar refractivity (Wildman–Crippen MR) is 127 cm³/mol. The smallest absolute Gasteiger partial charge is 0.198 e. The molecule has 31 heavy (non-hydrogen) atoms. The third-order valence-electron chi connectivity index (χ3n) is 6.08. The molecule has 0 amide bonds. The molecule has 3 aromatic rings. The Morgan fingerprint density at radius 1 is 1.23 bits per heavy atom. The van der Waals surface area contributed by atoms with Crippen LogP contribution >= 0.6 is 11.6 Å². The van der Waals surface area contributed by atoms with Crippen LogP contribution in [0.4, 0.5) is 0 Å². The molecule has 0 aromatic carbocycles. The molecule has 0 radical (unpaired) electrons. The van der Waals surface area contributed by atoms with Gasteiger partial charge in [0.25, 0.3) is 0 Å². The van der Waals surface area contributed by atoms with Crippen LogP contribution in [0.25, 0.3) is 11.7 Å². The highest BCUT2D eigenvalue weighted by atomic mass is 35.5. The van der Waals surface area contributed by atoms with E-state index in [0.717, 1.165) is 52.1 Å². The zero-order valence-corrected chi connectivity index (χ0v) is 19.7. The predicted octanol–water partition coefficient (Wildman–Crippen LogP) is 6.81. The van der Waals surface area contributed by atoms with Gasteiger partial charge in [0.15, 0.2) is 5.89 Å². The van der Waals surface area contributed by atoms with E-state index >= 15 is 0 Å². The molecule has 4 rings (SSSR count).